The van der Waals surface area contributed by atoms with Gasteiger partial charge in [0.15, 0.2) is 6.29 Å². The van der Waals surface area contributed by atoms with Crippen LogP contribution >= 0.6 is 11.3 Å². The predicted octanol–water partition coefficient (Wildman–Crippen LogP) is 2.42. The summed E-state index contributed by atoms with van der Waals surface area (Å²) in [7, 11) is 1.76. The van der Waals surface area contributed by atoms with Crippen LogP contribution in [0, 0.1) is 5.92 Å². The minimum atomic E-state index is 0.625. The molecule has 1 unspecified atom stereocenters. The van der Waals surface area contributed by atoms with Gasteiger partial charge in [-0.1, -0.05) is 0 Å². The fourth-order valence-electron chi connectivity index (χ4n) is 2.21. The molecule has 1 aliphatic heterocycles. The molecule has 0 saturated carbocycles. The first kappa shape index (κ1) is 11.6. The number of carbonyl (C=O) groups is 1. The smallest absolute Gasteiger partial charge is 0.160 e. The molecule has 1 atom stereocenters. The first-order valence-electron chi connectivity index (χ1n) is 5.62. The summed E-state index contributed by atoms with van der Waals surface area (Å²) in [5.41, 5.74) is 0. The van der Waals surface area contributed by atoms with E-state index in [1.165, 1.54) is 17.8 Å². The van der Waals surface area contributed by atoms with Gasteiger partial charge in [0.25, 0.3) is 0 Å². The molecular weight excluding hydrogens is 222 g/mol. The molecule has 0 spiro atoms. The molecule has 0 aliphatic carbocycles. The van der Waals surface area contributed by atoms with Gasteiger partial charge in [0.05, 0.1) is 16.5 Å². The topological polar surface area (TPSA) is 29.5 Å². The van der Waals surface area contributed by atoms with Crippen LogP contribution in [0.3, 0.4) is 0 Å². The van der Waals surface area contributed by atoms with E-state index in [1.54, 1.807) is 18.4 Å². The van der Waals surface area contributed by atoms with E-state index in [0.717, 1.165) is 30.9 Å². The Hall–Kier alpha value is -0.870. The molecule has 3 nitrogen and oxygen atoms in total. The maximum Gasteiger partial charge on any atom is 0.160 e. The molecule has 1 aromatic rings. The number of piperidine rings is 1. The maximum atomic E-state index is 10.6. The number of aldehydes is 1. The van der Waals surface area contributed by atoms with Crippen LogP contribution in [0.25, 0.3) is 0 Å². The molecule has 0 amide bonds. The highest BCUT2D eigenvalue weighted by Gasteiger charge is 2.20. The number of nitrogens with zero attached hydrogens (tertiary/aromatic N) is 1. The summed E-state index contributed by atoms with van der Waals surface area (Å²) in [6, 6.07) is 3.94. The molecule has 0 radical (unpaired) electrons. The molecule has 2 heterocycles. The van der Waals surface area contributed by atoms with E-state index in [4.69, 9.17) is 4.74 Å². The van der Waals surface area contributed by atoms with Crippen molar-refractivity contribution in [2.75, 3.05) is 31.7 Å². The Labute approximate surface area is 100 Å². The lowest BCUT2D eigenvalue weighted by atomic mass is 9.99. The van der Waals surface area contributed by atoms with Crippen LogP contribution in [0.1, 0.15) is 22.5 Å². The van der Waals surface area contributed by atoms with Crippen LogP contribution in [-0.2, 0) is 4.74 Å². The zero-order valence-corrected chi connectivity index (χ0v) is 10.3. The average molecular weight is 239 g/mol. The first-order valence-corrected chi connectivity index (χ1v) is 6.44. The van der Waals surface area contributed by atoms with Crippen LogP contribution in [0.2, 0.25) is 0 Å². The molecule has 16 heavy (non-hydrogen) atoms. The van der Waals surface area contributed by atoms with E-state index in [1.807, 2.05) is 12.1 Å². The van der Waals surface area contributed by atoms with E-state index >= 15 is 0 Å². The summed E-state index contributed by atoms with van der Waals surface area (Å²) in [6.45, 7) is 2.98. The van der Waals surface area contributed by atoms with Crippen molar-refractivity contribution in [2.45, 2.75) is 12.8 Å². The van der Waals surface area contributed by atoms with E-state index < -0.39 is 0 Å². The minimum Gasteiger partial charge on any atom is -0.384 e. The fourth-order valence-corrected chi connectivity index (χ4v) is 3.07. The molecule has 1 saturated heterocycles. The summed E-state index contributed by atoms with van der Waals surface area (Å²) >= 11 is 1.58. The van der Waals surface area contributed by atoms with E-state index in [9.17, 15) is 4.79 Å². The minimum absolute atomic E-state index is 0.625. The third-order valence-electron chi connectivity index (χ3n) is 2.96. The monoisotopic (exact) mass is 239 g/mol. The second kappa shape index (κ2) is 5.46. The average Bonchev–Trinajstić information content (AvgIpc) is 2.78. The van der Waals surface area contributed by atoms with Crippen LogP contribution in [-0.4, -0.2) is 33.1 Å². The van der Waals surface area contributed by atoms with E-state index in [0.29, 0.717) is 5.92 Å². The van der Waals surface area contributed by atoms with Gasteiger partial charge in [-0.15, -0.1) is 11.3 Å². The molecule has 0 bridgehead atoms. The standard InChI is InChI=1S/C12H17NO2S/c1-15-9-10-3-2-6-13(7-10)12-5-4-11(8-14)16-12/h4-5,8,10H,2-3,6-7,9H2,1H3. The summed E-state index contributed by atoms with van der Waals surface area (Å²) < 4.78 is 5.21. The molecule has 1 fully saturated rings. The van der Waals surface area contributed by atoms with Gasteiger partial charge in [0, 0.05) is 20.2 Å². The molecule has 1 aromatic heterocycles. The Kier molecular flexibility index (Phi) is 3.96. The first-order chi connectivity index (χ1) is 7.83. The normalized spacial score (nSPS) is 21.1. The highest BCUT2D eigenvalue weighted by atomic mass is 32.1. The van der Waals surface area contributed by atoms with Crippen molar-refractivity contribution in [3.63, 3.8) is 0 Å². The van der Waals surface area contributed by atoms with Crippen molar-refractivity contribution in [2.24, 2.45) is 5.92 Å². The van der Waals surface area contributed by atoms with Crippen molar-refractivity contribution >= 4 is 22.6 Å². The lowest BCUT2D eigenvalue weighted by molar-refractivity contribution is 0.112. The Morgan fingerprint density at radius 1 is 1.62 bits per heavy atom. The summed E-state index contributed by atoms with van der Waals surface area (Å²) in [4.78, 5) is 13.8. The van der Waals surface area contributed by atoms with Gasteiger partial charge in [-0.25, -0.2) is 0 Å². The van der Waals surface area contributed by atoms with Gasteiger partial charge < -0.3 is 9.64 Å². The number of methoxy groups -OCH3 is 1. The molecule has 4 heteroatoms. The molecular formula is C12H17NO2S. The highest BCUT2D eigenvalue weighted by molar-refractivity contribution is 7.17. The fraction of sp³-hybridized carbons (Fsp3) is 0.583. The third-order valence-corrected chi connectivity index (χ3v) is 4.03. The van der Waals surface area contributed by atoms with Gasteiger partial charge in [-0.3, -0.25) is 4.79 Å². The highest BCUT2D eigenvalue weighted by Crippen LogP contribution is 2.29. The quantitative estimate of drug-likeness (QED) is 0.756. The van der Waals surface area contributed by atoms with Gasteiger partial charge >= 0.3 is 0 Å². The Bertz CT molecular complexity index is 349. The van der Waals surface area contributed by atoms with Crippen molar-refractivity contribution in [3.05, 3.63) is 17.0 Å². The Morgan fingerprint density at radius 3 is 3.19 bits per heavy atom. The number of hydrogen-bond donors (Lipinski definition) is 0. The zero-order chi connectivity index (χ0) is 11.4. The van der Waals surface area contributed by atoms with Crippen molar-refractivity contribution in [1.82, 2.24) is 0 Å². The summed E-state index contributed by atoms with van der Waals surface area (Å²) in [6.07, 6.45) is 3.38. The number of rotatable bonds is 4. The Balaban J connectivity index is 2.00. The van der Waals surface area contributed by atoms with Crippen molar-refractivity contribution in [1.29, 1.82) is 0 Å². The second-order valence-electron chi connectivity index (χ2n) is 4.20. The number of anilines is 1. The second-order valence-corrected chi connectivity index (χ2v) is 5.30. The predicted molar refractivity (Wildman–Crippen MR) is 66.5 cm³/mol. The van der Waals surface area contributed by atoms with E-state index in [2.05, 4.69) is 4.90 Å². The largest absolute Gasteiger partial charge is 0.384 e. The van der Waals surface area contributed by atoms with Gasteiger partial charge in [0.2, 0.25) is 0 Å². The van der Waals surface area contributed by atoms with Crippen LogP contribution in [0.4, 0.5) is 5.00 Å². The van der Waals surface area contributed by atoms with Crippen molar-refractivity contribution in [3.8, 4) is 0 Å². The van der Waals surface area contributed by atoms with Crippen LogP contribution < -0.4 is 4.90 Å². The number of carbonyl (C=O) groups excluding carboxylic acids is 1. The molecule has 88 valence electrons. The van der Waals surface area contributed by atoms with Crippen LogP contribution in [0.15, 0.2) is 12.1 Å². The SMILES string of the molecule is COCC1CCCN(c2ccc(C=O)s2)C1. The van der Waals surface area contributed by atoms with Gasteiger partial charge in [0.1, 0.15) is 0 Å². The molecule has 1 aliphatic rings. The molecule has 0 aromatic carbocycles. The zero-order valence-electron chi connectivity index (χ0n) is 9.52. The third kappa shape index (κ3) is 2.62. The van der Waals surface area contributed by atoms with Gasteiger partial charge in [-0.05, 0) is 30.9 Å². The van der Waals surface area contributed by atoms with Gasteiger partial charge in [-0.2, -0.15) is 0 Å². The maximum absolute atomic E-state index is 10.6. The molecule has 2 rings (SSSR count). The van der Waals surface area contributed by atoms with E-state index in [-0.39, 0.29) is 0 Å². The van der Waals surface area contributed by atoms with Crippen LogP contribution in [0.5, 0.6) is 0 Å². The Morgan fingerprint density at radius 2 is 2.50 bits per heavy atom. The lowest BCUT2D eigenvalue weighted by Crippen LogP contribution is -2.36. The molecule has 0 N–H and O–H groups in total. The van der Waals surface area contributed by atoms with Crippen molar-refractivity contribution < 1.29 is 9.53 Å². The number of hydrogen-bond acceptors (Lipinski definition) is 4. The lowest BCUT2D eigenvalue weighted by Gasteiger charge is -2.33. The summed E-state index contributed by atoms with van der Waals surface area (Å²) in [5.74, 6) is 0.625. The number of ether oxygens (including phenoxy) is 1. The number of thiophene rings is 1. The summed E-state index contributed by atoms with van der Waals surface area (Å²) in [5, 5.41) is 1.21.